The molecule has 21 heavy (non-hydrogen) atoms. The summed E-state index contributed by atoms with van der Waals surface area (Å²) < 4.78 is 27.3. The van der Waals surface area contributed by atoms with Gasteiger partial charge in [0.05, 0.1) is 0 Å². The molecule has 0 aliphatic carbocycles. The molecule has 2 aromatic rings. The van der Waals surface area contributed by atoms with Gasteiger partial charge in [-0.15, -0.1) is 11.8 Å². The first kappa shape index (κ1) is 16.0. The maximum absolute atomic E-state index is 13.9. The molecule has 1 nitrogen and oxygen atoms in total. The van der Waals surface area contributed by atoms with E-state index in [1.54, 1.807) is 11.8 Å². The number of halogens is 2. The van der Waals surface area contributed by atoms with E-state index in [0.29, 0.717) is 17.9 Å². The van der Waals surface area contributed by atoms with Gasteiger partial charge in [0.2, 0.25) is 0 Å². The number of thioether (sulfide) groups is 1. The molecular formula is C17H19F2NS. The first-order valence-corrected chi connectivity index (χ1v) is 7.96. The van der Waals surface area contributed by atoms with Gasteiger partial charge < -0.3 is 5.32 Å². The monoisotopic (exact) mass is 307 g/mol. The molecule has 1 atom stereocenters. The fraction of sp³-hybridized carbons (Fsp3) is 0.294. The van der Waals surface area contributed by atoms with Crippen LogP contribution in [0, 0.1) is 18.6 Å². The zero-order valence-electron chi connectivity index (χ0n) is 12.2. The van der Waals surface area contributed by atoms with E-state index in [4.69, 9.17) is 0 Å². The lowest BCUT2D eigenvalue weighted by Gasteiger charge is -2.19. The Bertz CT molecular complexity index is 601. The number of nitrogens with one attached hydrogen (secondary N) is 1. The van der Waals surface area contributed by atoms with E-state index in [-0.39, 0.29) is 11.9 Å². The summed E-state index contributed by atoms with van der Waals surface area (Å²) >= 11 is 1.64. The van der Waals surface area contributed by atoms with E-state index in [9.17, 15) is 8.78 Å². The molecule has 1 N–H and O–H groups in total. The highest BCUT2D eigenvalue weighted by Gasteiger charge is 2.16. The van der Waals surface area contributed by atoms with E-state index in [2.05, 4.69) is 11.4 Å². The third-order valence-electron chi connectivity index (χ3n) is 3.19. The summed E-state index contributed by atoms with van der Waals surface area (Å²) in [5, 5.41) is 3.22. The first-order chi connectivity index (χ1) is 10.1. The van der Waals surface area contributed by atoms with Crippen LogP contribution in [0.2, 0.25) is 0 Å². The molecule has 0 fully saturated rings. The fourth-order valence-corrected chi connectivity index (χ4v) is 3.27. The molecule has 0 aliphatic rings. The third-order valence-corrected chi connectivity index (χ3v) is 4.28. The molecule has 0 aliphatic heterocycles. The summed E-state index contributed by atoms with van der Waals surface area (Å²) in [5.41, 5.74) is 1.58. The molecule has 0 bridgehead atoms. The van der Waals surface area contributed by atoms with Crippen molar-refractivity contribution in [1.29, 1.82) is 0 Å². The molecule has 2 aromatic carbocycles. The standard InChI is InChI=1S/C17H19F2NS/c1-3-20-17(15-10-13(18)7-8-16(15)19)11-21-14-6-4-5-12(2)9-14/h4-10,17,20H,3,11H2,1-2H3. The van der Waals surface area contributed by atoms with Crippen LogP contribution in [0.3, 0.4) is 0 Å². The molecule has 2 rings (SSSR count). The van der Waals surface area contributed by atoms with Crippen LogP contribution in [0.4, 0.5) is 8.78 Å². The minimum Gasteiger partial charge on any atom is -0.309 e. The maximum atomic E-state index is 13.9. The maximum Gasteiger partial charge on any atom is 0.128 e. The van der Waals surface area contributed by atoms with Gasteiger partial charge in [-0.3, -0.25) is 0 Å². The second-order valence-corrected chi connectivity index (χ2v) is 6.00. The second-order valence-electron chi connectivity index (χ2n) is 4.90. The number of rotatable bonds is 6. The Labute approximate surface area is 128 Å². The Kier molecular flexibility index (Phi) is 5.76. The van der Waals surface area contributed by atoms with Crippen LogP contribution < -0.4 is 5.32 Å². The minimum absolute atomic E-state index is 0.212. The summed E-state index contributed by atoms with van der Waals surface area (Å²) in [5.74, 6) is -0.125. The van der Waals surface area contributed by atoms with Crippen molar-refractivity contribution in [1.82, 2.24) is 5.32 Å². The Morgan fingerprint density at radius 3 is 2.67 bits per heavy atom. The average Bonchev–Trinajstić information content (AvgIpc) is 2.46. The topological polar surface area (TPSA) is 12.0 Å². The van der Waals surface area contributed by atoms with Crippen LogP contribution in [0.15, 0.2) is 47.4 Å². The van der Waals surface area contributed by atoms with Gasteiger partial charge in [0.15, 0.2) is 0 Å². The summed E-state index contributed by atoms with van der Waals surface area (Å²) in [6.07, 6.45) is 0. The smallest absolute Gasteiger partial charge is 0.128 e. The summed E-state index contributed by atoms with van der Waals surface area (Å²) in [6, 6.07) is 11.6. The van der Waals surface area contributed by atoms with Crippen molar-refractivity contribution in [2.24, 2.45) is 0 Å². The van der Waals surface area contributed by atoms with E-state index in [1.807, 2.05) is 32.0 Å². The van der Waals surface area contributed by atoms with Crippen molar-refractivity contribution in [2.45, 2.75) is 24.8 Å². The molecular weight excluding hydrogens is 288 g/mol. The Hall–Kier alpha value is -1.39. The molecule has 1 unspecified atom stereocenters. The van der Waals surface area contributed by atoms with E-state index in [1.165, 1.54) is 17.7 Å². The Morgan fingerprint density at radius 2 is 1.95 bits per heavy atom. The molecule has 0 heterocycles. The number of benzene rings is 2. The van der Waals surface area contributed by atoms with Crippen molar-refractivity contribution < 1.29 is 8.78 Å². The van der Waals surface area contributed by atoms with Crippen LogP contribution in [0.25, 0.3) is 0 Å². The predicted octanol–water partition coefficient (Wildman–Crippen LogP) is 4.72. The number of hydrogen-bond donors (Lipinski definition) is 1. The Morgan fingerprint density at radius 1 is 1.14 bits per heavy atom. The SMILES string of the molecule is CCNC(CSc1cccc(C)c1)c1cc(F)ccc1F. The molecule has 4 heteroatoms. The highest BCUT2D eigenvalue weighted by Crippen LogP contribution is 2.27. The van der Waals surface area contributed by atoms with E-state index in [0.717, 1.165) is 11.0 Å². The fourth-order valence-electron chi connectivity index (χ4n) is 2.17. The molecule has 0 radical (unpaired) electrons. The van der Waals surface area contributed by atoms with Crippen molar-refractivity contribution in [3.05, 3.63) is 65.2 Å². The molecule has 112 valence electrons. The zero-order valence-corrected chi connectivity index (χ0v) is 13.0. The summed E-state index contributed by atoms with van der Waals surface area (Å²) in [7, 11) is 0. The molecule has 0 saturated carbocycles. The van der Waals surface area contributed by atoms with Crippen LogP contribution in [0.5, 0.6) is 0 Å². The molecule has 0 spiro atoms. The number of hydrogen-bond acceptors (Lipinski definition) is 2. The lowest BCUT2D eigenvalue weighted by atomic mass is 10.1. The van der Waals surface area contributed by atoms with Gasteiger partial charge >= 0.3 is 0 Å². The second kappa shape index (κ2) is 7.57. The van der Waals surface area contributed by atoms with Crippen molar-refractivity contribution in [2.75, 3.05) is 12.3 Å². The average molecular weight is 307 g/mol. The van der Waals surface area contributed by atoms with Crippen molar-refractivity contribution >= 4 is 11.8 Å². The quantitative estimate of drug-likeness (QED) is 0.775. The summed E-state index contributed by atoms with van der Waals surface area (Å²) in [6.45, 7) is 4.70. The lowest BCUT2D eigenvalue weighted by Crippen LogP contribution is -2.24. The lowest BCUT2D eigenvalue weighted by molar-refractivity contribution is 0.533. The van der Waals surface area contributed by atoms with Gasteiger partial charge in [-0.1, -0.05) is 24.6 Å². The zero-order chi connectivity index (χ0) is 15.2. The number of aryl methyl sites for hydroxylation is 1. The Balaban J connectivity index is 2.13. The third kappa shape index (κ3) is 4.55. The molecule has 0 saturated heterocycles. The van der Waals surface area contributed by atoms with Gasteiger partial charge in [-0.05, 0) is 43.8 Å². The van der Waals surface area contributed by atoms with Crippen LogP contribution in [0.1, 0.15) is 24.1 Å². The van der Waals surface area contributed by atoms with E-state index >= 15 is 0 Å². The van der Waals surface area contributed by atoms with Crippen LogP contribution in [-0.2, 0) is 0 Å². The van der Waals surface area contributed by atoms with Gasteiger partial charge in [0.1, 0.15) is 11.6 Å². The normalized spacial score (nSPS) is 12.4. The highest BCUT2D eigenvalue weighted by molar-refractivity contribution is 7.99. The summed E-state index contributed by atoms with van der Waals surface area (Å²) in [4.78, 5) is 1.13. The minimum atomic E-state index is -0.408. The molecule has 0 amide bonds. The van der Waals surface area contributed by atoms with Crippen molar-refractivity contribution in [3.8, 4) is 0 Å². The van der Waals surface area contributed by atoms with Gasteiger partial charge in [-0.25, -0.2) is 8.78 Å². The van der Waals surface area contributed by atoms with Crippen molar-refractivity contribution in [3.63, 3.8) is 0 Å². The highest BCUT2D eigenvalue weighted by atomic mass is 32.2. The van der Waals surface area contributed by atoms with Gasteiger partial charge in [0.25, 0.3) is 0 Å². The van der Waals surface area contributed by atoms with Gasteiger partial charge in [-0.2, -0.15) is 0 Å². The van der Waals surface area contributed by atoms with Crippen LogP contribution >= 0.6 is 11.8 Å². The van der Waals surface area contributed by atoms with E-state index < -0.39 is 5.82 Å². The largest absolute Gasteiger partial charge is 0.309 e. The van der Waals surface area contributed by atoms with Gasteiger partial charge in [0, 0.05) is 22.3 Å². The van der Waals surface area contributed by atoms with Crippen LogP contribution in [-0.4, -0.2) is 12.3 Å². The first-order valence-electron chi connectivity index (χ1n) is 6.98. The predicted molar refractivity (Wildman–Crippen MR) is 84.7 cm³/mol. The molecule has 0 aromatic heterocycles.